The van der Waals surface area contributed by atoms with E-state index in [0.717, 1.165) is 23.5 Å². The Kier molecular flexibility index (Phi) is 3.62. The van der Waals surface area contributed by atoms with Crippen LogP contribution in [-0.2, 0) is 13.6 Å². The normalized spacial score (nSPS) is 10.3. The summed E-state index contributed by atoms with van der Waals surface area (Å²) in [5.41, 5.74) is 8.62. The monoisotopic (exact) mass is 260 g/mol. The van der Waals surface area contributed by atoms with Crippen LogP contribution in [0.15, 0.2) is 36.5 Å². The lowest BCUT2D eigenvalue weighted by molar-refractivity contribution is 0.734. The quantitative estimate of drug-likeness (QED) is 0.850. The van der Waals surface area contributed by atoms with Gasteiger partial charge >= 0.3 is 0 Å². The van der Waals surface area contributed by atoms with Gasteiger partial charge in [0.2, 0.25) is 0 Å². The van der Waals surface area contributed by atoms with Crippen molar-refractivity contribution in [1.29, 1.82) is 0 Å². The first kappa shape index (κ1) is 12.6. The second-order valence-corrected chi connectivity index (χ2v) is 4.69. The molecule has 4 nitrogen and oxygen atoms in total. The van der Waals surface area contributed by atoms with Gasteiger partial charge in [-0.3, -0.25) is 4.68 Å². The smallest absolute Gasteiger partial charge is 0.104 e. The molecule has 2 rings (SSSR count). The minimum absolute atomic E-state index is 0.420. The number of rotatable bonds is 4. The molecule has 5 heteroatoms. The van der Waals surface area contributed by atoms with Crippen LogP contribution >= 0.6 is 12.2 Å². The van der Waals surface area contributed by atoms with E-state index in [1.165, 1.54) is 0 Å². The Morgan fingerprint density at radius 1 is 1.44 bits per heavy atom. The second kappa shape index (κ2) is 5.18. The molecule has 0 saturated carbocycles. The standard InChI is InChI=1S/C13H16N4S/c1-16(9-11-6-7-17(2)15-11)12-5-3-4-10(8-12)13(14)18/h3-8H,9H2,1-2H3,(H2,14,18). The predicted octanol–water partition coefficient (Wildman–Crippen LogP) is 1.69. The molecule has 0 aliphatic carbocycles. The van der Waals surface area contributed by atoms with Gasteiger partial charge in [-0.25, -0.2) is 0 Å². The third-order valence-corrected chi connectivity index (χ3v) is 2.98. The summed E-state index contributed by atoms with van der Waals surface area (Å²) in [4.78, 5) is 2.53. The molecule has 0 saturated heterocycles. The molecular formula is C13H16N4S. The first-order chi connectivity index (χ1) is 8.56. The van der Waals surface area contributed by atoms with Crippen molar-refractivity contribution in [2.45, 2.75) is 6.54 Å². The van der Waals surface area contributed by atoms with E-state index < -0.39 is 0 Å². The van der Waals surface area contributed by atoms with Crippen molar-refractivity contribution in [1.82, 2.24) is 9.78 Å². The van der Waals surface area contributed by atoms with Gasteiger partial charge in [0, 0.05) is 31.5 Å². The second-order valence-electron chi connectivity index (χ2n) is 4.25. The van der Waals surface area contributed by atoms with Gasteiger partial charge in [-0.1, -0.05) is 24.4 Å². The molecule has 18 heavy (non-hydrogen) atoms. The Bertz CT molecular complexity index is 562. The predicted molar refractivity (Wildman–Crippen MR) is 77.6 cm³/mol. The summed E-state index contributed by atoms with van der Waals surface area (Å²) in [6, 6.07) is 9.91. The van der Waals surface area contributed by atoms with Crippen molar-refractivity contribution in [3.05, 3.63) is 47.8 Å². The molecule has 0 bridgehead atoms. The van der Waals surface area contributed by atoms with E-state index in [9.17, 15) is 0 Å². The van der Waals surface area contributed by atoms with Crippen molar-refractivity contribution in [2.24, 2.45) is 12.8 Å². The van der Waals surface area contributed by atoms with Crippen LogP contribution in [-0.4, -0.2) is 21.8 Å². The molecule has 0 amide bonds. The molecule has 0 unspecified atom stereocenters. The third-order valence-electron chi connectivity index (χ3n) is 2.74. The van der Waals surface area contributed by atoms with Gasteiger partial charge in [0.1, 0.15) is 4.99 Å². The molecule has 0 spiro atoms. The number of anilines is 1. The highest BCUT2D eigenvalue weighted by molar-refractivity contribution is 7.80. The summed E-state index contributed by atoms with van der Waals surface area (Å²) in [5, 5.41) is 4.36. The maximum absolute atomic E-state index is 5.64. The van der Waals surface area contributed by atoms with Crippen LogP contribution < -0.4 is 10.6 Å². The number of benzene rings is 1. The zero-order valence-electron chi connectivity index (χ0n) is 10.5. The summed E-state index contributed by atoms with van der Waals surface area (Å²) in [7, 11) is 3.93. The van der Waals surface area contributed by atoms with Gasteiger partial charge in [0.25, 0.3) is 0 Å². The van der Waals surface area contributed by atoms with Gasteiger partial charge in [-0.2, -0.15) is 5.10 Å². The molecule has 2 N–H and O–H groups in total. The largest absolute Gasteiger partial charge is 0.389 e. The summed E-state index contributed by atoms with van der Waals surface area (Å²) < 4.78 is 1.80. The summed E-state index contributed by atoms with van der Waals surface area (Å²) in [6.45, 7) is 0.752. The zero-order chi connectivity index (χ0) is 13.1. The molecule has 0 aliphatic heterocycles. The molecule has 0 radical (unpaired) electrons. The SMILES string of the molecule is CN(Cc1ccn(C)n1)c1cccc(C(N)=S)c1. The van der Waals surface area contributed by atoms with Crippen LogP contribution in [0.25, 0.3) is 0 Å². The Morgan fingerprint density at radius 3 is 2.83 bits per heavy atom. The molecule has 0 aliphatic rings. The number of hydrogen-bond donors (Lipinski definition) is 1. The Labute approximate surface area is 112 Å². The number of aryl methyl sites for hydroxylation is 1. The highest BCUT2D eigenvalue weighted by Crippen LogP contribution is 2.16. The average molecular weight is 260 g/mol. The Morgan fingerprint density at radius 2 is 2.22 bits per heavy atom. The van der Waals surface area contributed by atoms with Gasteiger partial charge in [0.05, 0.1) is 12.2 Å². The fourth-order valence-corrected chi connectivity index (χ4v) is 1.91. The number of nitrogens with zero attached hydrogens (tertiary/aromatic N) is 3. The van der Waals surface area contributed by atoms with Crippen molar-refractivity contribution in [3.63, 3.8) is 0 Å². The molecule has 1 aromatic heterocycles. The Balaban J connectivity index is 2.15. The number of nitrogens with two attached hydrogens (primary N) is 1. The van der Waals surface area contributed by atoms with Crippen molar-refractivity contribution < 1.29 is 0 Å². The average Bonchev–Trinajstić information content (AvgIpc) is 2.75. The fourth-order valence-electron chi connectivity index (χ4n) is 1.78. The van der Waals surface area contributed by atoms with Crippen LogP contribution in [0.1, 0.15) is 11.3 Å². The van der Waals surface area contributed by atoms with Crippen LogP contribution in [0.2, 0.25) is 0 Å². The van der Waals surface area contributed by atoms with E-state index in [1.54, 1.807) is 4.68 Å². The molecule has 2 aromatic rings. The minimum Gasteiger partial charge on any atom is -0.389 e. The molecule has 94 valence electrons. The maximum Gasteiger partial charge on any atom is 0.104 e. The molecule has 0 atom stereocenters. The summed E-state index contributed by atoms with van der Waals surface area (Å²) in [5.74, 6) is 0. The topological polar surface area (TPSA) is 47.1 Å². The lowest BCUT2D eigenvalue weighted by Gasteiger charge is -2.18. The zero-order valence-corrected chi connectivity index (χ0v) is 11.3. The number of hydrogen-bond acceptors (Lipinski definition) is 3. The van der Waals surface area contributed by atoms with Crippen molar-refractivity contribution in [3.8, 4) is 0 Å². The Hall–Kier alpha value is -1.88. The van der Waals surface area contributed by atoms with E-state index in [2.05, 4.69) is 10.00 Å². The van der Waals surface area contributed by atoms with E-state index >= 15 is 0 Å². The van der Waals surface area contributed by atoms with E-state index in [-0.39, 0.29) is 0 Å². The van der Waals surface area contributed by atoms with Crippen molar-refractivity contribution in [2.75, 3.05) is 11.9 Å². The maximum atomic E-state index is 5.64. The summed E-state index contributed by atoms with van der Waals surface area (Å²) >= 11 is 4.98. The minimum atomic E-state index is 0.420. The number of aromatic nitrogens is 2. The lowest BCUT2D eigenvalue weighted by atomic mass is 10.2. The first-order valence-corrected chi connectivity index (χ1v) is 6.06. The first-order valence-electron chi connectivity index (χ1n) is 5.66. The van der Waals surface area contributed by atoms with Gasteiger partial charge < -0.3 is 10.6 Å². The van der Waals surface area contributed by atoms with E-state index in [0.29, 0.717) is 4.99 Å². The highest BCUT2D eigenvalue weighted by Gasteiger charge is 2.06. The highest BCUT2D eigenvalue weighted by atomic mass is 32.1. The van der Waals surface area contributed by atoms with Crippen LogP contribution in [0.5, 0.6) is 0 Å². The van der Waals surface area contributed by atoms with E-state index in [4.69, 9.17) is 18.0 Å². The third kappa shape index (κ3) is 2.87. The van der Waals surface area contributed by atoms with Gasteiger partial charge in [0.15, 0.2) is 0 Å². The van der Waals surface area contributed by atoms with Crippen LogP contribution in [0.4, 0.5) is 5.69 Å². The molecule has 1 aromatic carbocycles. The fraction of sp³-hybridized carbons (Fsp3) is 0.231. The number of thiocarbonyl (C=S) groups is 1. The van der Waals surface area contributed by atoms with Crippen LogP contribution in [0.3, 0.4) is 0 Å². The van der Waals surface area contributed by atoms with Crippen molar-refractivity contribution >= 4 is 22.9 Å². The van der Waals surface area contributed by atoms with Gasteiger partial charge in [-0.05, 0) is 18.2 Å². The van der Waals surface area contributed by atoms with Crippen LogP contribution in [0, 0.1) is 0 Å². The summed E-state index contributed by atoms with van der Waals surface area (Å²) in [6.07, 6.45) is 1.94. The van der Waals surface area contributed by atoms with E-state index in [1.807, 2.05) is 50.6 Å². The molecule has 0 fully saturated rings. The molecular weight excluding hydrogens is 244 g/mol. The van der Waals surface area contributed by atoms with Gasteiger partial charge in [-0.15, -0.1) is 0 Å². The molecule has 1 heterocycles. The lowest BCUT2D eigenvalue weighted by Crippen LogP contribution is -2.18.